The minimum atomic E-state index is -0.516. The van der Waals surface area contributed by atoms with Crippen molar-refractivity contribution in [2.45, 2.75) is 0 Å². The van der Waals surface area contributed by atoms with Gasteiger partial charge in [-0.25, -0.2) is 4.79 Å². The molecule has 0 aliphatic heterocycles. The van der Waals surface area contributed by atoms with E-state index >= 15 is 0 Å². The Hall–Kier alpha value is -1.91. The van der Waals surface area contributed by atoms with Crippen molar-refractivity contribution >= 4 is 11.7 Å². The molecular weight excluding hydrogens is 198 g/mol. The lowest BCUT2D eigenvalue weighted by Gasteiger charge is -2.11. The minimum absolute atomic E-state index is 0.247. The number of rotatable bonds is 3. The Labute approximate surface area is 87.7 Å². The number of ether oxygens (including phenoxy) is 3. The van der Waals surface area contributed by atoms with E-state index in [0.717, 1.165) is 0 Å². The molecule has 0 bridgehead atoms. The third-order valence-electron chi connectivity index (χ3n) is 1.94. The van der Waals surface area contributed by atoms with Crippen molar-refractivity contribution in [2.75, 3.05) is 27.1 Å². The van der Waals surface area contributed by atoms with Crippen LogP contribution in [0.15, 0.2) is 12.1 Å². The van der Waals surface area contributed by atoms with Gasteiger partial charge in [0.2, 0.25) is 0 Å². The van der Waals surface area contributed by atoms with E-state index in [9.17, 15) is 4.79 Å². The number of nitrogen functional groups attached to an aromatic ring is 1. The lowest BCUT2D eigenvalue weighted by Crippen LogP contribution is -2.06. The predicted octanol–water partition coefficient (Wildman–Crippen LogP) is 1.07. The Morgan fingerprint density at radius 1 is 1.20 bits per heavy atom. The van der Waals surface area contributed by atoms with Crippen LogP contribution >= 0.6 is 0 Å². The van der Waals surface area contributed by atoms with Crippen LogP contribution in [0, 0.1) is 0 Å². The molecule has 5 heteroatoms. The number of benzene rings is 1. The highest BCUT2D eigenvalue weighted by atomic mass is 16.5. The molecule has 0 saturated carbocycles. The predicted molar refractivity (Wildman–Crippen MR) is 55.3 cm³/mol. The third-order valence-corrected chi connectivity index (χ3v) is 1.94. The summed E-state index contributed by atoms with van der Waals surface area (Å²) in [5, 5.41) is 0. The number of carbonyl (C=O) groups excluding carboxylic acids is 1. The van der Waals surface area contributed by atoms with Gasteiger partial charge in [-0.05, 0) is 6.07 Å². The van der Waals surface area contributed by atoms with Crippen molar-refractivity contribution in [1.82, 2.24) is 0 Å². The Bertz CT molecular complexity index is 376. The van der Waals surface area contributed by atoms with E-state index in [1.165, 1.54) is 27.4 Å². The molecule has 1 rings (SSSR count). The normalized spacial score (nSPS) is 9.53. The molecule has 0 amide bonds. The van der Waals surface area contributed by atoms with Crippen LogP contribution < -0.4 is 15.2 Å². The van der Waals surface area contributed by atoms with Gasteiger partial charge in [0.05, 0.1) is 27.0 Å². The lowest BCUT2D eigenvalue weighted by molar-refractivity contribution is 0.0597. The highest BCUT2D eigenvalue weighted by molar-refractivity contribution is 5.95. The Morgan fingerprint density at radius 3 is 2.33 bits per heavy atom. The quantitative estimate of drug-likeness (QED) is 0.598. The third kappa shape index (κ3) is 2.12. The van der Waals surface area contributed by atoms with Crippen molar-refractivity contribution in [3.05, 3.63) is 17.7 Å². The minimum Gasteiger partial charge on any atom is -0.497 e. The van der Waals surface area contributed by atoms with E-state index in [0.29, 0.717) is 17.2 Å². The largest absolute Gasteiger partial charge is 0.497 e. The standard InChI is InChI=1S/C10H13NO4/c1-13-6-4-7(10(12)15-3)9(14-2)8(11)5-6/h4-5H,11H2,1-3H3. The maximum atomic E-state index is 11.4. The second kappa shape index (κ2) is 4.54. The van der Waals surface area contributed by atoms with Crippen LogP contribution in [0.5, 0.6) is 11.5 Å². The summed E-state index contributed by atoms with van der Waals surface area (Å²) >= 11 is 0. The van der Waals surface area contributed by atoms with E-state index in [1.807, 2.05) is 0 Å². The van der Waals surface area contributed by atoms with E-state index in [4.69, 9.17) is 15.2 Å². The van der Waals surface area contributed by atoms with E-state index in [2.05, 4.69) is 4.74 Å². The molecule has 0 aromatic heterocycles. The van der Waals surface area contributed by atoms with Crippen LogP contribution in [-0.2, 0) is 4.74 Å². The van der Waals surface area contributed by atoms with E-state index in [-0.39, 0.29) is 5.56 Å². The average molecular weight is 211 g/mol. The van der Waals surface area contributed by atoms with Crippen molar-refractivity contribution in [3.63, 3.8) is 0 Å². The maximum Gasteiger partial charge on any atom is 0.341 e. The molecule has 0 unspecified atom stereocenters. The van der Waals surface area contributed by atoms with Crippen LogP contribution in [0.4, 0.5) is 5.69 Å². The zero-order valence-corrected chi connectivity index (χ0v) is 8.87. The molecule has 0 atom stereocenters. The molecule has 1 aromatic carbocycles. The van der Waals surface area contributed by atoms with Crippen LogP contribution in [0.3, 0.4) is 0 Å². The second-order valence-electron chi connectivity index (χ2n) is 2.79. The molecule has 0 aliphatic carbocycles. The summed E-state index contributed by atoms with van der Waals surface area (Å²) in [6.07, 6.45) is 0. The molecule has 1 aromatic rings. The van der Waals surface area contributed by atoms with Gasteiger partial charge in [-0.3, -0.25) is 0 Å². The highest BCUT2D eigenvalue weighted by Gasteiger charge is 2.17. The van der Waals surface area contributed by atoms with Crippen LogP contribution in [0.1, 0.15) is 10.4 Å². The molecule has 0 spiro atoms. The van der Waals surface area contributed by atoms with Crippen LogP contribution in [-0.4, -0.2) is 27.3 Å². The molecule has 15 heavy (non-hydrogen) atoms. The summed E-state index contributed by atoms with van der Waals surface area (Å²) in [4.78, 5) is 11.4. The number of nitrogens with two attached hydrogens (primary N) is 1. The van der Waals surface area contributed by atoms with Gasteiger partial charge in [0, 0.05) is 6.07 Å². The molecule has 0 saturated heterocycles. The first-order valence-corrected chi connectivity index (χ1v) is 4.23. The SMILES string of the molecule is COC(=O)c1cc(OC)cc(N)c1OC. The van der Waals surface area contributed by atoms with Gasteiger partial charge in [0.15, 0.2) is 5.75 Å². The van der Waals surface area contributed by atoms with Crippen LogP contribution in [0.2, 0.25) is 0 Å². The lowest BCUT2D eigenvalue weighted by atomic mass is 10.1. The molecule has 2 N–H and O–H groups in total. The van der Waals surface area contributed by atoms with Gasteiger partial charge in [-0.1, -0.05) is 0 Å². The van der Waals surface area contributed by atoms with Gasteiger partial charge in [-0.2, -0.15) is 0 Å². The van der Waals surface area contributed by atoms with Crippen molar-refractivity contribution < 1.29 is 19.0 Å². The molecule has 0 heterocycles. The van der Waals surface area contributed by atoms with E-state index in [1.54, 1.807) is 6.07 Å². The molecular formula is C10H13NO4. The number of anilines is 1. The number of carbonyl (C=O) groups is 1. The van der Waals surface area contributed by atoms with Gasteiger partial charge in [0.25, 0.3) is 0 Å². The van der Waals surface area contributed by atoms with Crippen LogP contribution in [0.25, 0.3) is 0 Å². The second-order valence-corrected chi connectivity index (χ2v) is 2.79. The van der Waals surface area contributed by atoms with Gasteiger partial charge < -0.3 is 19.9 Å². The fourth-order valence-electron chi connectivity index (χ4n) is 1.23. The van der Waals surface area contributed by atoms with Crippen molar-refractivity contribution in [3.8, 4) is 11.5 Å². The number of esters is 1. The summed E-state index contributed by atoms with van der Waals surface area (Å²) in [5.74, 6) is 0.258. The smallest absolute Gasteiger partial charge is 0.341 e. The first-order chi connectivity index (χ1) is 7.13. The fourth-order valence-corrected chi connectivity index (χ4v) is 1.23. The monoisotopic (exact) mass is 211 g/mol. The highest BCUT2D eigenvalue weighted by Crippen LogP contribution is 2.31. The summed E-state index contributed by atoms with van der Waals surface area (Å²) in [7, 11) is 4.21. The van der Waals surface area contributed by atoms with E-state index < -0.39 is 5.97 Å². The van der Waals surface area contributed by atoms with Gasteiger partial charge >= 0.3 is 5.97 Å². The molecule has 82 valence electrons. The fraction of sp³-hybridized carbons (Fsp3) is 0.300. The Balaban J connectivity index is 3.32. The summed E-state index contributed by atoms with van der Waals surface area (Å²) in [6, 6.07) is 3.09. The number of hydrogen-bond acceptors (Lipinski definition) is 5. The van der Waals surface area contributed by atoms with Crippen molar-refractivity contribution in [1.29, 1.82) is 0 Å². The van der Waals surface area contributed by atoms with Gasteiger partial charge in [-0.15, -0.1) is 0 Å². The summed E-state index contributed by atoms with van der Waals surface area (Å²) in [6.45, 7) is 0. The zero-order chi connectivity index (χ0) is 11.4. The first-order valence-electron chi connectivity index (χ1n) is 4.23. The molecule has 0 radical (unpaired) electrons. The molecule has 5 nitrogen and oxygen atoms in total. The molecule has 0 fully saturated rings. The Morgan fingerprint density at radius 2 is 1.87 bits per heavy atom. The average Bonchev–Trinajstić information content (AvgIpc) is 2.26. The summed E-state index contributed by atoms with van der Waals surface area (Å²) < 4.78 is 14.6. The number of methoxy groups -OCH3 is 3. The first kappa shape index (κ1) is 11.2. The van der Waals surface area contributed by atoms with Crippen molar-refractivity contribution in [2.24, 2.45) is 0 Å². The molecule has 0 aliphatic rings. The summed E-state index contributed by atoms with van der Waals surface area (Å²) in [5.41, 5.74) is 6.27. The maximum absolute atomic E-state index is 11.4. The Kier molecular flexibility index (Phi) is 3.38. The van der Waals surface area contributed by atoms with Gasteiger partial charge in [0.1, 0.15) is 11.3 Å². The zero-order valence-electron chi connectivity index (χ0n) is 8.87. The number of hydrogen-bond donors (Lipinski definition) is 1. The topological polar surface area (TPSA) is 70.8 Å².